The monoisotopic (exact) mass is 612 g/mol. The standard InChI is InChI=1S/C28H34Cl2N4O3S.ClH/c1-32-19-23(18-31-32)38(35,36)33(2)13-14-37-22-8-6-21-7-10-28(34-11-3-4-12-34)25(24(21)17-22)15-20-5-9-26(29)27(30)16-20;/h5-6,8-9,16-19,25,28H,3-4,7,10-15H2,1-2H3;1H. The van der Waals surface area contributed by atoms with Crippen LogP contribution in [0.3, 0.4) is 0 Å². The molecule has 2 aliphatic rings. The van der Waals surface area contributed by atoms with Crippen molar-refractivity contribution < 1.29 is 13.2 Å². The van der Waals surface area contributed by atoms with Gasteiger partial charge in [0.1, 0.15) is 17.3 Å². The Morgan fingerprint density at radius 3 is 2.56 bits per heavy atom. The molecule has 7 nitrogen and oxygen atoms in total. The predicted molar refractivity (Wildman–Crippen MR) is 158 cm³/mol. The molecule has 2 aromatic carbocycles. The highest BCUT2D eigenvalue weighted by Crippen LogP contribution is 2.40. The summed E-state index contributed by atoms with van der Waals surface area (Å²) in [7, 11) is -0.352. The second-order valence-electron chi connectivity index (χ2n) is 10.3. The third-order valence-corrected chi connectivity index (χ3v) is 10.4. The normalized spacial score (nSPS) is 19.6. The summed E-state index contributed by atoms with van der Waals surface area (Å²) in [4.78, 5) is 2.83. The van der Waals surface area contributed by atoms with Crippen LogP contribution >= 0.6 is 35.6 Å². The average molecular weight is 614 g/mol. The quantitative estimate of drug-likeness (QED) is 0.315. The SMILES string of the molecule is CN(CCOc1ccc2c(c1)C(Cc1ccc(Cl)c(Cl)c1)C(N1CCCC1)CC2)S(=O)(=O)c1cnn(C)c1.Cl. The van der Waals surface area contributed by atoms with Crippen LogP contribution in [0.5, 0.6) is 5.75 Å². The van der Waals surface area contributed by atoms with Gasteiger partial charge in [0.2, 0.25) is 10.0 Å². The maximum absolute atomic E-state index is 12.8. The minimum atomic E-state index is -3.61. The number of halogens is 3. The van der Waals surface area contributed by atoms with E-state index in [9.17, 15) is 8.42 Å². The first-order valence-corrected chi connectivity index (χ1v) is 15.3. The lowest BCUT2D eigenvalue weighted by Crippen LogP contribution is -2.41. The van der Waals surface area contributed by atoms with Gasteiger partial charge >= 0.3 is 0 Å². The highest BCUT2D eigenvalue weighted by molar-refractivity contribution is 7.89. The van der Waals surface area contributed by atoms with E-state index in [1.807, 2.05) is 18.2 Å². The molecule has 1 fully saturated rings. The fraction of sp³-hybridized carbons (Fsp3) is 0.464. The van der Waals surface area contributed by atoms with Crippen molar-refractivity contribution in [1.29, 1.82) is 0 Å². The Hall–Kier alpha value is -1.81. The zero-order valence-electron chi connectivity index (χ0n) is 22.2. The second-order valence-corrected chi connectivity index (χ2v) is 13.2. The Morgan fingerprint density at radius 2 is 1.87 bits per heavy atom. The molecule has 0 saturated carbocycles. The highest BCUT2D eigenvalue weighted by Gasteiger charge is 2.35. The van der Waals surface area contributed by atoms with E-state index in [0.717, 1.165) is 38.1 Å². The molecule has 2 atom stereocenters. The summed E-state index contributed by atoms with van der Waals surface area (Å²) >= 11 is 12.6. The Bertz CT molecular complexity index is 1390. The van der Waals surface area contributed by atoms with Crippen LogP contribution in [0.15, 0.2) is 53.7 Å². The smallest absolute Gasteiger partial charge is 0.246 e. The molecule has 0 amide bonds. The Kier molecular flexibility index (Phi) is 9.89. The number of benzene rings is 2. The number of ether oxygens (including phenoxy) is 1. The number of hydrogen-bond acceptors (Lipinski definition) is 5. The van der Waals surface area contributed by atoms with Crippen molar-refractivity contribution in [2.24, 2.45) is 7.05 Å². The van der Waals surface area contributed by atoms with E-state index in [1.165, 1.54) is 50.9 Å². The van der Waals surface area contributed by atoms with Gasteiger partial charge in [0.05, 0.1) is 16.2 Å². The van der Waals surface area contributed by atoms with E-state index in [1.54, 1.807) is 14.1 Å². The van der Waals surface area contributed by atoms with Gasteiger partial charge in [-0.05, 0) is 86.1 Å². The van der Waals surface area contributed by atoms with Crippen LogP contribution in [-0.4, -0.2) is 66.7 Å². The van der Waals surface area contributed by atoms with Crippen LogP contribution in [0.4, 0.5) is 0 Å². The molecule has 1 aliphatic carbocycles. The summed E-state index contributed by atoms with van der Waals surface area (Å²) in [5.74, 6) is 1.07. The van der Waals surface area contributed by atoms with E-state index in [-0.39, 0.29) is 30.5 Å². The molecule has 5 rings (SSSR count). The molecule has 39 heavy (non-hydrogen) atoms. The molecule has 212 valence electrons. The topological polar surface area (TPSA) is 67.7 Å². The summed E-state index contributed by atoms with van der Waals surface area (Å²) in [6, 6.07) is 12.7. The predicted octanol–water partition coefficient (Wildman–Crippen LogP) is 5.59. The van der Waals surface area contributed by atoms with Gasteiger partial charge in [-0.15, -0.1) is 12.4 Å². The van der Waals surface area contributed by atoms with Crippen molar-refractivity contribution in [3.63, 3.8) is 0 Å². The van der Waals surface area contributed by atoms with Gasteiger partial charge in [0.25, 0.3) is 0 Å². The van der Waals surface area contributed by atoms with Crippen LogP contribution < -0.4 is 4.74 Å². The first-order chi connectivity index (χ1) is 18.2. The van der Waals surface area contributed by atoms with Crippen LogP contribution in [0, 0.1) is 0 Å². The lowest BCUT2D eigenvalue weighted by atomic mass is 9.75. The zero-order valence-corrected chi connectivity index (χ0v) is 25.4. The fourth-order valence-electron chi connectivity index (χ4n) is 5.75. The Labute approximate surface area is 247 Å². The van der Waals surface area contributed by atoms with Crippen molar-refractivity contribution in [3.8, 4) is 5.75 Å². The minimum absolute atomic E-state index is 0. The Balaban J connectivity index is 0.00000353. The molecule has 1 aliphatic heterocycles. The summed E-state index contributed by atoms with van der Waals surface area (Å²) in [5, 5.41) is 5.13. The van der Waals surface area contributed by atoms with Crippen molar-refractivity contribution in [2.45, 2.75) is 49.0 Å². The second kappa shape index (κ2) is 12.8. The van der Waals surface area contributed by atoms with Gasteiger partial charge in [0, 0.05) is 38.8 Å². The fourth-order valence-corrected chi connectivity index (χ4v) is 7.21. The lowest BCUT2D eigenvalue weighted by molar-refractivity contribution is 0.188. The van der Waals surface area contributed by atoms with Crippen molar-refractivity contribution in [2.75, 3.05) is 33.3 Å². The third-order valence-electron chi connectivity index (χ3n) is 7.80. The number of aromatic nitrogens is 2. The third kappa shape index (κ3) is 6.75. The van der Waals surface area contributed by atoms with Crippen molar-refractivity contribution in [1.82, 2.24) is 19.0 Å². The van der Waals surface area contributed by atoms with Gasteiger partial charge in [-0.25, -0.2) is 8.42 Å². The number of likely N-dealkylation sites (tertiary alicyclic amines) is 1. The zero-order chi connectivity index (χ0) is 26.9. The molecular formula is C28H35Cl3N4O3S. The van der Waals surface area contributed by atoms with E-state index < -0.39 is 10.0 Å². The number of hydrogen-bond donors (Lipinski definition) is 0. The molecular weight excluding hydrogens is 579 g/mol. The molecule has 2 heterocycles. The highest BCUT2D eigenvalue weighted by atomic mass is 35.5. The summed E-state index contributed by atoms with van der Waals surface area (Å²) < 4.78 is 34.5. The summed E-state index contributed by atoms with van der Waals surface area (Å²) in [6.45, 7) is 2.77. The van der Waals surface area contributed by atoms with Gasteiger partial charge in [-0.3, -0.25) is 9.58 Å². The number of aryl methyl sites for hydroxylation is 2. The maximum atomic E-state index is 12.8. The van der Waals surface area contributed by atoms with Crippen LogP contribution in [0.1, 0.15) is 41.9 Å². The van der Waals surface area contributed by atoms with Crippen molar-refractivity contribution >= 4 is 45.6 Å². The van der Waals surface area contributed by atoms with Crippen LogP contribution in [-0.2, 0) is 29.9 Å². The number of nitrogens with zero attached hydrogens (tertiary/aromatic N) is 4. The van der Waals surface area contributed by atoms with Crippen LogP contribution in [0.2, 0.25) is 10.0 Å². The van der Waals surface area contributed by atoms with Gasteiger partial charge in [-0.2, -0.15) is 9.40 Å². The first kappa shape index (κ1) is 30.2. The number of likely N-dealkylation sites (N-methyl/N-ethyl adjacent to an activating group) is 1. The van der Waals surface area contributed by atoms with E-state index in [0.29, 0.717) is 22.0 Å². The van der Waals surface area contributed by atoms with E-state index in [4.69, 9.17) is 27.9 Å². The van der Waals surface area contributed by atoms with Gasteiger partial charge in [-0.1, -0.05) is 35.3 Å². The molecule has 11 heteroatoms. The summed E-state index contributed by atoms with van der Waals surface area (Å²) in [5.41, 5.74) is 3.84. The van der Waals surface area contributed by atoms with Gasteiger partial charge < -0.3 is 4.74 Å². The summed E-state index contributed by atoms with van der Waals surface area (Å²) in [6.07, 6.45) is 8.42. The number of sulfonamides is 1. The van der Waals surface area contributed by atoms with Gasteiger partial charge in [0.15, 0.2) is 0 Å². The molecule has 0 N–H and O–H groups in total. The molecule has 1 saturated heterocycles. The maximum Gasteiger partial charge on any atom is 0.246 e. The molecule has 0 spiro atoms. The molecule has 3 aromatic rings. The number of fused-ring (bicyclic) bond motifs is 1. The number of rotatable bonds is 9. The molecule has 0 radical (unpaired) electrons. The lowest BCUT2D eigenvalue weighted by Gasteiger charge is -2.39. The molecule has 1 aromatic heterocycles. The minimum Gasteiger partial charge on any atom is -0.492 e. The van der Waals surface area contributed by atoms with E-state index >= 15 is 0 Å². The van der Waals surface area contributed by atoms with Crippen LogP contribution in [0.25, 0.3) is 0 Å². The van der Waals surface area contributed by atoms with Crippen molar-refractivity contribution in [3.05, 3.63) is 75.5 Å². The molecule has 0 bridgehead atoms. The first-order valence-electron chi connectivity index (χ1n) is 13.1. The van der Waals surface area contributed by atoms with E-state index in [2.05, 4.69) is 28.2 Å². The Morgan fingerprint density at radius 1 is 1.10 bits per heavy atom. The molecule has 2 unspecified atom stereocenters. The average Bonchev–Trinajstić information content (AvgIpc) is 3.59. The largest absolute Gasteiger partial charge is 0.492 e.